The minimum atomic E-state index is -0.716. The largest absolute Gasteiger partial charge is 0.493 e. The molecule has 0 saturated carbocycles. The molecule has 0 spiro atoms. The number of rotatable bonds is 13. The Morgan fingerprint density at radius 1 is 0.974 bits per heavy atom. The first-order valence-corrected chi connectivity index (χ1v) is 13.5. The van der Waals surface area contributed by atoms with Crippen LogP contribution in [0.25, 0.3) is 11.0 Å². The van der Waals surface area contributed by atoms with E-state index in [2.05, 4.69) is 27.3 Å². The highest BCUT2D eigenvalue weighted by atomic mass is 16.5. The van der Waals surface area contributed by atoms with Crippen molar-refractivity contribution >= 4 is 11.0 Å². The second kappa shape index (κ2) is 13.4. The molecule has 1 aliphatic heterocycles. The van der Waals surface area contributed by atoms with Gasteiger partial charge in [-0.15, -0.1) is 5.10 Å². The Hall–Kier alpha value is -3.66. The van der Waals surface area contributed by atoms with E-state index in [4.69, 9.17) is 18.9 Å². The van der Waals surface area contributed by atoms with Crippen molar-refractivity contribution in [1.82, 2.24) is 19.9 Å². The molecule has 2 atom stereocenters. The number of ether oxygens (including phenoxy) is 4. The van der Waals surface area contributed by atoms with Gasteiger partial charge in [0.05, 0.1) is 12.6 Å². The molecule has 0 amide bonds. The van der Waals surface area contributed by atoms with Crippen LogP contribution in [0.4, 0.5) is 0 Å². The van der Waals surface area contributed by atoms with Crippen LogP contribution in [0.1, 0.15) is 31.1 Å². The van der Waals surface area contributed by atoms with E-state index in [-0.39, 0.29) is 12.8 Å². The standard InChI is InChI=1S/C30H36N4O5/c1-36-26-13-5-6-14-27(26)37-19-17-33(20-23-10-3-2-4-11-23)21-24(35)22-39-28-15-9-12-25-30(28)31-32-34(25)29-16-7-8-18-38-29/h2-6,9-15,24,29,35H,7-8,16-22H2,1H3. The first-order chi connectivity index (χ1) is 19.2. The molecule has 0 aliphatic carbocycles. The summed E-state index contributed by atoms with van der Waals surface area (Å²) in [6.45, 7) is 3.03. The summed E-state index contributed by atoms with van der Waals surface area (Å²) in [7, 11) is 1.63. The first-order valence-electron chi connectivity index (χ1n) is 13.5. The van der Waals surface area contributed by atoms with Crippen molar-refractivity contribution in [2.24, 2.45) is 0 Å². The Bertz CT molecular complexity index is 1310. The van der Waals surface area contributed by atoms with Crippen molar-refractivity contribution in [2.45, 2.75) is 38.1 Å². The molecule has 1 aliphatic rings. The van der Waals surface area contributed by atoms with Crippen LogP contribution in [0.2, 0.25) is 0 Å². The quantitative estimate of drug-likeness (QED) is 0.270. The lowest BCUT2D eigenvalue weighted by Gasteiger charge is -2.25. The minimum absolute atomic E-state index is 0.103. The molecule has 9 nitrogen and oxygen atoms in total. The van der Waals surface area contributed by atoms with Crippen molar-refractivity contribution in [3.63, 3.8) is 0 Å². The average Bonchev–Trinajstić information content (AvgIpc) is 3.42. The Kier molecular flexibility index (Phi) is 9.26. The predicted molar refractivity (Wildman–Crippen MR) is 148 cm³/mol. The number of aliphatic hydroxyl groups excluding tert-OH is 1. The maximum Gasteiger partial charge on any atom is 0.161 e. The first kappa shape index (κ1) is 26.9. The number of hydrogen-bond acceptors (Lipinski definition) is 8. The third kappa shape index (κ3) is 7.06. The van der Waals surface area contributed by atoms with E-state index in [9.17, 15) is 5.11 Å². The third-order valence-corrected chi connectivity index (χ3v) is 6.78. The molecule has 1 saturated heterocycles. The smallest absolute Gasteiger partial charge is 0.161 e. The molecule has 2 unspecified atom stereocenters. The molecule has 5 rings (SSSR count). The SMILES string of the molecule is COc1ccccc1OCCN(Cc1ccccc1)CC(O)COc1cccc2c1nnn2C1CCCCO1. The van der Waals surface area contributed by atoms with E-state index in [1.807, 2.05) is 65.3 Å². The van der Waals surface area contributed by atoms with E-state index in [1.54, 1.807) is 7.11 Å². The number of aliphatic hydroxyl groups is 1. The Labute approximate surface area is 228 Å². The fraction of sp³-hybridized carbons (Fsp3) is 0.400. The highest BCUT2D eigenvalue weighted by Crippen LogP contribution is 2.29. The Balaban J connectivity index is 1.20. The van der Waals surface area contributed by atoms with Gasteiger partial charge in [0.2, 0.25) is 0 Å². The van der Waals surface area contributed by atoms with Crippen molar-refractivity contribution in [1.29, 1.82) is 0 Å². The van der Waals surface area contributed by atoms with Gasteiger partial charge in [-0.05, 0) is 49.1 Å². The lowest BCUT2D eigenvalue weighted by Crippen LogP contribution is -2.37. The zero-order chi connectivity index (χ0) is 26.9. The van der Waals surface area contributed by atoms with Crippen LogP contribution in [0.15, 0.2) is 72.8 Å². The minimum Gasteiger partial charge on any atom is -0.493 e. The summed E-state index contributed by atoms with van der Waals surface area (Å²) in [5.41, 5.74) is 2.70. The van der Waals surface area contributed by atoms with Gasteiger partial charge in [-0.1, -0.05) is 53.7 Å². The summed E-state index contributed by atoms with van der Waals surface area (Å²) in [5.74, 6) is 1.99. The number of hydrogen-bond donors (Lipinski definition) is 1. The summed E-state index contributed by atoms with van der Waals surface area (Å²) >= 11 is 0. The molecular weight excluding hydrogens is 496 g/mol. The lowest BCUT2D eigenvalue weighted by atomic mass is 10.2. The zero-order valence-corrected chi connectivity index (χ0v) is 22.3. The number of para-hydroxylation sites is 2. The second-order valence-electron chi connectivity index (χ2n) is 9.66. The molecule has 4 aromatic rings. The summed E-state index contributed by atoms with van der Waals surface area (Å²) in [6, 6.07) is 23.5. The highest BCUT2D eigenvalue weighted by Gasteiger charge is 2.21. The molecule has 206 valence electrons. The molecule has 39 heavy (non-hydrogen) atoms. The van der Waals surface area contributed by atoms with Crippen molar-refractivity contribution < 1.29 is 24.1 Å². The molecular formula is C30H36N4O5. The van der Waals surface area contributed by atoms with Crippen LogP contribution in [0, 0.1) is 0 Å². The summed E-state index contributed by atoms with van der Waals surface area (Å²) < 4.78 is 25.2. The van der Waals surface area contributed by atoms with Gasteiger partial charge in [0.15, 0.2) is 23.2 Å². The van der Waals surface area contributed by atoms with Crippen molar-refractivity contribution in [2.75, 3.05) is 40.0 Å². The van der Waals surface area contributed by atoms with Gasteiger partial charge in [-0.2, -0.15) is 0 Å². The fourth-order valence-electron chi connectivity index (χ4n) is 4.82. The molecule has 2 heterocycles. The van der Waals surface area contributed by atoms with E-state index in [0.717, 1.165) is 36.9 Å². The lowest BCUT2D eigenvalue weighted by molar-refractivity contribution is -0.0377. The predicted octanol–water partition coefficient (Wildman–Crippen LogP) is 4.46. The average molecular weight is 533 g/mol. The second-order valence-corrected chi connectivity index (χ2v) is 9.66. The van der Waals surface area contributed by atoms with E-state index >= 15 is 0 Å². The van der Waals surface area contributed by atoms with Gasteiger partial charge in [0, 0.05) is 26.2 Å². The molecule has 0 radical (unpaired) electrons. The summed E-state index contributed by atoms with van der Waals surface area (Å²) in [6.07, 6.45) is 2.28. The van der Waals surface area contributed by atoms with Crippen LogP contribution in [0.3, 0.4) is 0 Å². The molecule has 1 aromatic heterocycles. The Morgan fingerprint density at radius 3 is 2.56 bits per heavy atom. The van der Waals surface area contributed by atoms with Gasteiger partial charge in [-0.25, -0.2) is 4.68 Å². The number of aromatic nitrogens is 3. The number of fused-ring (bicyclic) bond motifs is 1. The molecule has 1 N–H and O–H groups in total. The normalized spacial score (nSPS) is 16.3. The summed E-state index contributed by atoms with van der Waals surface area (Å²) in [4.78, 5) is 2.16. The third-order valence-electron chi connectivity index (χ3n) is 6.78. The Morgan fingerprint density at radius 2 is 1.77 bits per heavy atom. The van der Waals surface area contributed by atoms with Crippen LogP contribution < -0.4 is 14.2 Å². The molecule has 0 bridgehead atoms. The van der Waals surface area contributed by atoms with Crippen LogP contribution in [-0.2, 0) is 11.3 Å². The van der Waals surface area contributed by atoms with E-state index in [1.165, 1.54) is 0 Å². The molecule has 1 fully saturated rings. The maximum absolute atomic E-state index is 10.9. The molecule has 3 aromatic carbocycles. The fourth-order valence-corrected chi connectivity index (χ4v) is 4.82. The highest BCUT2D eigenvalue weighted by molar-refractivity contribution is 5.81. The topological polar surface area (TPSA) is 91.1 Å². The number of methoxy groups -OCH3 is 1. The van der Waals surface area contributed by atoms with Crippen molar-refractivity contribution in [3.05, 3.63) is 78.4 Å². The summed E-state index contributed by atoms with van der Waals surface area (Å²) in [5, 5.41) is 19.7. The van der Waals surface area contributed by atoms with Crippen molar-refractivity contribution in [3.8, 4) is 17.2 Å². The molecule has 9 heteroatoms. The zero-order valence-electron chi connectivity index (χ0n) is 22.3. The van der Waals surface area contributed by atoms with Gasteiger partial charge in [0.1, 0.15) is 25.1 Å². The van der Waals surface area contributed by atoms with Crippen LogP contribution in [0.5, 0.6) is 17.2 Å². The monoisotopic (exact) mass is 532 g/mol. The van der Waals surface area contributed by atoms with E-state index < -0.39 is 6.10 Å². The maximum atomic E-state index is 10.9. The number of benzene rings is 3. The van der Waals surface area contributed by atoms with Crippen LogP contribution in [-0.4, -0.2) is 71.1 Å². The van der Waals surface area contributed by atoms with E-state index in [0.29, 0.717) is 49.0 Å². The van der Waals surface area contributed by atoms with Gasteiger partial charge in [-0.3, -0.25) is 4.90 Å². The van der Waals surface area contributed by atoms with Gasteiger partial charge < -0.3 is 24.1 Å². The van der Waals surface area contributed by atoms with Gasteiger partial charge in [0.25, 0.3) is 0 Å². The number of nitrogens with zero attached hydrogens (tertiary/aromatic N) is 4. The van der Waals surface area contributed by atoms with Gasteiger partial charge >= 0.3 is 0 Å². The van der Waals surface area contributed by atoms with Crippen LogP contribution >= 0.6 is 0 Å².